The summed E-state index contributed by atoms with van der Waals surface area (Å²) in [5, 5.41) is 1.27. The van der Waals surface area contributed by atoms with Crippen LogP contribution in [0.4, 0.5) is 0 Å². The van der Waals surface area contributed by atoms with Crippen molar-refractivity contribution < 1.29 is 0 Å². The highest BCUT2D eigenvalue weighted by Crippen LogP contribution is 2.33. The number of hydrogen-bond acceptors (Lipinski definition) is 1. The van der Waals surface area contributed by atoms with Gasteiger partial charge in [0.15, 0.2) is 0 Å². The Morgan fingerprint density at radius 3 is 2.65 bits per heavy atom. The minimum absolute atomic E-state index is 0.118. The van der Waals surface area contributed by atoms with Gasteiger partial charge in [0, 0.05) is 27.1 Å². The quantitative estimate of drug-likeness (QED) is 0.875. The average molecular weight is 295 g/mol. The van der Waals surface area contributed by atoms with Gasteiger partial charge < -0.3 is 10.7 Å². The zero-order valence-corrected chi connectivity index (χ0v) is 12.2. The molecule has 1 aromatic heterocycles. The molecule has 1 heterocycles. The number of nitrogens with one attached hydrogen (secondary N) is 1. The molecule has 0 aliphatic carbocycles. The van der Waals surface area contributed by atoms with E-state index in [1.54, 1.807) is 0 Å². The molecule has 0 aliphatic rings. The van der Waals surface area contributed by atoms with E-state index in [-0.39, 0.29) is 6.04 Å². The van der Waals surface area contributed by atoms with E-state index in [4.69, 9.17) is 5.73 Å². The smallest absolute Gasteiger partial charge is 0.0490 e. The third-order valence-corrected chi connectivity index (χ3v) is 3.81. The van der Waals surface area contributed by atoms with Gasteiger partial charge >= 0.3 is 0 Å². The van der Waals surface area contributed by atoms with Crippen LogP contribution < -0.4 is 5.73 Å². The molecular formula is C14H19BrN2. The third kappa shape index (κ3) is 2.14. The summed E-state index contributed by atoms with van der Waals surface area (Å²) >= 11 is 3.56. The molecule has 1 aromatic carbocycles. The number of halogens is 1. The first kappa shape index (κ1) is 12.7. The fourth-order valence-electron chi connectivity index (χ4n) is 2.41. The molecule has 2 aromatic rings. The number of aromatic amines is 1. The van der Waals surface area contributed by atoms with Crippen LogP contribution in [0, 0.1) is 6.92 Å². The summed E-state index contributed by atoms with van der Waals surface area (Å²) in [4.78, 5) is 3.52. The summed E-state index contributed by atoms with van der Waals surface area (Å²) in [6.45, 7) is 6.43. The highest BCUT2D eigenvalue weighted by atomic mass is 79.9. The molecule has 0 radical (unpaired) electrons. The van der Waals surface area contributed by atoms with Crippen LogP contribution in [0.15, 0.2) is 16.6 Å². The van der Waals surface area contributed by atoms with Crippen molar-refractivity contribution in [2.75, 3.05) is 0 Å². The Hall–Kier alpha value is -0.800. The number of rotatable bonds is 3. The van der Waals surface area contributed by atoms with Gasteiger partial charge in [-0.3, -0.25) is 0 Å². The van der Waals surface area contributed by atoms with Gasteiger partial charge in [0.05, 0.1) is 0 Å². The molecule has 92 valence electrons. The lowest BCUT2D eigenvalue weighted by molar-refractivity contribution is 0.694. The molecule has 3 N–H and O–H groups in total. The summed E-state index contributed by atoms with van der Waals surface area (Å²) < 4.78 is 1.12. The van der Waals surface area contributed by atoms with Crippen molar-refractivity contribution in [1.82, 2.24) is 4.98 Å². The van der Waals surface area contributed by atoms with E-state index in [9.17, 15) is 0 Å². The first-order chi connectivity index (χ1) is 8.08. The molecule has 2 nitrogen and oxygen atoms in total. The average Bonchev–Trinajstić information content (AvgIpc) is 2.66. The molecular weight excluding hydrogens is 276 g/mol. The summed E-state index contributed by atoms with van der Waals surface area (Å²) in [7, 11) is 0. The summed E-state index contributed by atoms with van der Waals surface area (Å²) in [5.41, 5.74) is 11.3. The largest absolute Gasteiger partial charge is 0.358 e. The Balaban J connectivity index is 2.78. The number of hydrogen-bond donors (Lipinski definition) is 2. The monoisotopic (exact) mass is 294 g/mol. The second kappa shape index (κ2) is 4.83. The van der Waals surface area contributed by atoms with Crippen LogP contribution in [0.3, 0.4) is 0 Å². The summed E-state index contributed by atoms with van der Waals surface area (Å²) in [5.74, 6) is 0. The standard InChI is InChI=1S/C14H19BrN2/c1-4-11(16)13-10-7-9(15)6-8(3)14(10)17-12(13)5-2/h6-7,11,17H,4-5,16H2,1-3H3. The van der Waals surface area contributed by atoms with Crippen molar-refractivity contribution >= 4 is 26.8 Å². The molecule has 0 amide bonds. The molecule has 0 saturated heterocycles. The fourth-order valence-corrected chi connectivity index (χ4v) is 2.98. The zero-order chi connectivity index (χ0) is 12.6. The van der Waals surface area contributed by atoms with Gasteiger partial charge in [0.1, 0.15) is 0 Å². The highest BCUT2D eigenvalue weighted by molar-refractivity contribution is 9.10. The van der Waals surface area contributed by atoms with E-state index in [1.165, 1.54) is 27.7 Å². The van der Waals surface area contributed by atoms with E-state index >= 15 is 0 Å². The SMILES string of the molecule is CCc1[nH]c2c(C)cc(Br)cc2c1C(N)CC. The van der Waals surface area contributed by atoms with Crippen molar-refractivity contribution in [1.29, 1.82) is 0 Å². The summed E-state index contributed by atoms with van der Waals surface area (Å²) in [6, 6.07) is 4.43. The van der Waals surface area contributed by atoms with Gasteiger partial charge in [-0.1, -0.05) is 29.8 Å². The number of benzene rings is 1. The Bertz CT molecular complexity index is 543. The van der Waals surface area contributed by atoms with Crippen molar-refractivity contribution in [3.63, 3.8) is 0 Å². The van der Waals surface area contributed by atoms with E-state index < -0.39 is 0 Å². The first-order valence-electron chi connectivity index (χ1n) is 6.14. The Morgan fingerprint density at radius 2 is 2.06 bits per heavy atom. The predicted octanol–water partition coefficient (Wildman–Crippen LogP) is 4.21. The van der Waals surface area contributed by atoms with Gasteiger partial charge in [0.25, 0.3) is 0 Å². The summed E-state index contributed by atoms with van der Waals surface area (Å²) in [6.07, 6.45) is 1.96. The van der Waals surface area contributed by atoms with Gasteiger partial charge in [-0.15, -0.1) is 0 Å². The molecule has 1 atom stereocenters. The van der Waals surface area contributed by atoms with Gasteiger partial charge in [-0.25, -0.2) is 0 Å². The minimum Gasteiger partial charge on any atom is -0.358 e. The van der Waals surface area contributed by atoms with Crippen molar-refractivity contribution in [3.8, 4) is 0 Å². The Labute approximate surface area is 111 Å². The second-order valence-electron chi connectivity index (χ2n) is 4.53. The van der Waals surface area contributed by atoms with Gasteiger partial charge in [-0.05, 0) is 43.0 Å². The van der Waals surface area contributed by atoms with E-state index in [0.717, 1.165) is 17.3 Å². The molecule has 0 spiro atoms. The molecule has 3 heteroatoms. The van der Waals surface area contributed by atoms with Crippen molar-refractivity contribution in [3.05, 3.63) is 33.4 Å². The lowest BCUT2D eigenvalue weighted by atomic mass is 9.99. The maximum atomic E-state index is 6.25. The fraction of sp³-hybridized carbons (Fsp3) is 0.429. The van der Waals surface area contributed by atoms with Crippen LogP contribution in [0.1, 0.15) is 43.1 Å². The number of aryl methyl sites for hydroxylation is 2. The van der Waals surface area contributed by atoms with Crippen LogP contribution in [-0.4, -0.2) is 4.98 Å². The molecule has 2 rings (SSSR count). The van der Waals surface area contributed by atoms with E-state index in [0.29, 0.717) is 0 Å². The topological polar surface area (TPSA) is 41.8 Å². The van der Waals surface area contributed by atoms with Crippen LogP contribution in [0.25, 0.3) is 10.9 Å². The molecule has 0 saturated carbocycles. The number of fused-ring (bicyclic) bond motifs is 1. The van der Waals surface area contributed by atoms with Crippen LogP contribution in [0.2, 0.25) is 0 Å². The molecule has 0 aliphatic heterocycles. The van der Waals surface area contributed by atoms with E-state index in [1.807, 2.05) is 0 Å². The minimum atomic E-state index is 0.118. The maximum Gasteiger partial charge on any atom is 0.0490 e. The first-order valence-corrected chi connectivity index (χ1v) is 6.93. The third-order valence-electron chi connectivity index (χ3n) is 3.36. The maximum absolute atomic E-state index is 6.25. The van der Waals surface area contributed by atoms with Gasteiger partial charge in [-0.2, -0.15) is 0 Å². The Morgan fingerprint density at radius 1 is 1.35 bits per heavy atom. The van der Waals surface area contributed by atoms with Crippen molar-refractivity contribution in [2.45, 2.75) is 39.7 Å². The highest BCUT2D eigenvalue weighted by Gasteiger charge is 2.16. The Kier molecular flexibility index (Phi) is 3.59. The van der Waals surface area contributed by atoms with Crippen LogP contribution in [-0.2, 0) is 6.42 Å². The molecule has 17 heavy (non-hydrogen) atoms. The number of aromatic nitrogens is 1. The second-order valence-corrected chi connectivity index (χ2v) is 5.45. The predicted molar refractivity (Wildman–Crippen MR) is 77.3 cm³/mol. The number of H-pyrrole nitrogens is 1. The van der Waals surface area contributed by atoms with Crippen LogP contribution >= 0.6 is 15.9 Å². The molecule has 0 bridgehead atoms. The lowest BCUT2D eigenvalue weighted by Gasteiger charge is -2.10. The van der Waals surface area contributed by atoms with Crippen molar-refractivity contribution in [2.24, 2.45) is 5.73 Å². The molecule has 1 unspecified atom stereocenters. The van der Waals surface area contributed by atoms with E-state index in [2.05, 4.69) is 53.8 Å². The van der Waals surface area contributed by atoms with Crippen LogP contribution in [0.5, 0.6) is 0 Å². The van der Waals surface area contributed by atoms with Gasteiger partial charge in [0.2, 0.25) is 0 Å². The molecule has 0 fully saturated rings. The lowest BCUT2D eigenvalue weighted by Crippen LogP contribution is -2.10. The normalized spacial score (nSPS) is 13.2. The zero-order valence-electron chi connectivity index (χ0n) is 10.6. The number of nitrogens with two attached hydrogens (primary N) is 1.